The van der Waals surface area contributed by atoms with Crippen LogP contribution in [0.15, 0.2) is 48.7 Å². The summed E-state index contributed by atoms with van der Waals surface area (Å²) in [6.07, 6.45) is 2.48. The number of rotatable bonds is 4. The molecule has 1 N–H and O–H groups in total. The Morgan fingerprint density at radius 3 is 2.69 bits per heavy atom. The summed E-state index contributed by atoms with van der Waals surface area (Å²) in [6.45, 7) is 7.71. The predicted molar refractivity (Wildman–Crippen MR) is 139 cm³/mol. The lowest BCUT2D eigenvalue weighted by atomic mass is 9.99. The van der Waals surface area contributed by atoms with Crippen molar-refractivity contribution in [2.45, 2.75) is 25.4 Å². The summed E-state index contributed by atoms with van der Waals surface area (Å²) in [5.74, 6) is 0.723. The van der Waals surface area contributed by atoms with Gasteiger partial charge >= 0.3 is 0 Å². The van der Waals surface area contributed by atoms with Crippen LogP contribution in [0.5, 0.6) is 5.75 Å². The number of carbonyl (C=O) groups is 1. The average Bonchev–Trinajstić information content (AvgIpc) is 2.93. The van der Waals surface area contributed by atoms with Gasteiger partial charge in [0.25, 0.3) is 5.91 Å². The van der Waals surface area contributed by atoms with E-state index in [9.17, 15) is 4.79 Å². The molecule has 0 radical (unpaired) electrons. The molecule has 3 aliphatic heterocycles. The van der Waals surface area contributed by atoms with Crippen LogP contribution in [-0.4, -0.2) is 69.6 Å². The smallest absolute Gasteiger partial charge is 0.255 e. The molecule has 2 aromatic carbocycles. The summed E-state index contributed by atoms with van der Waals surface area (Å²) in [4.78, 5) is 23.3. The Balaban J connectivity index is 1.41. The molecule has 0 bridgehead atoms. The van der Waals surface area contributed by atoms with Gasteiger partial charge in [0.2, 0.25) is 0 Å². The van der Waals surface area contributed by atoms with Gasteiger partial charge in [0.15, 0.2) is 0 Å². The van der Waals surface area contributed by atoms with Gasteiger partial charge in [0.1, 0.15) is 5.75 Å². The lowest BCUT2D eigenvalue weighted by Gasteiger charge is -2.36. The summed E-state index contributed by atoms with van der Waals surface area (Å²) < 4.78 is 17.1. The van der Waals surface area contributed by atoms with Gasteiger partial charge in [-0.3, -0.25) is 9.78 Å². The molecule has 2 fully saturated rings. The van der Waals surface area contributed by atoms with Crippen molar-refractivity contribution in [2.75, 3.05) is 62.5 Å². The third-order valence-corrected chi connectivity index (χ3v) is 7.36. The first-order valence-corrected chi connectivity index (χ1v) is 12.8. The van der Waals surface area contributed by atoms with Gasteiger partial charge in [0.05, 0.1) is 61.5 Å². The monoisotopic (exact) mass is 488 g/mol. The zero-order valence-electron chi connectivity index (χ0n) is 20.6. The molecule has 1 amide bonds. The van der Waals surface area contributed by atoms with Crippen molar-refractivity contribution < 1.29 is 19.0 Å². The number of pyridine rings is 1. The van der Waals surface area contributed by atoms with Gasteiger partial charge in [-0.25, -0.2) is 0 Å². The fraction of sp³-hybridized carbons (Fsp3) is 0.429. The highest BCUT2D eigenvalue weighted by molar-refractivity contribution is 6.09. The van der Waals surface area contributed by atoms with Crippen LogP contribution < -0.4 is 19.9 Å². The van der Waals surface area contributed by atoms with Crippen LogP contribution in [0.1, 0.15) is 35.3 Å². The highest BCUT2D eigenvalue weighted by Gasteiger charge is 2.29. The van der Waals surface area contributed by atoms with E-state index in [2.05, 4.69) is 40.2 Å². The number of ether oxygens (including phenoxy) is 3. The lowest BCUT2D eigenvalue weighted by molar-refractivity contribution is 0.0923. The molecule has 0 spiro atoms. The molecule has 3 aliphatic rings. The molecular formula is C28H32N4O4. The Morgan fingerprint density at radius 1 is 1.00 bits per heavy atom. The minimum atomic E-state index is -0.113. The Morgan fingerprint density at radius 2 is 1.83 bits per heavy atom. The van der Waals surface area contributed by atoms with Gasteiger partial charge in [-0.1, -0.05) is 30.3 Å². The second-order valence-electron chi connectivity index (χ2n) is 9.61. The van der Waals surface area contributed by atoms with E-state index < -0.39 is 0 Å². The van der Waals surface area contributed by atoms with Crippen LogP contribution in [-0.2, 0) is 9.47 Å². The highest BCUT2D eigenvalue weighted by atomic mass is 16.5. The molecule has 188 valence electrons. The maximum absolute atomic E-state index is 13.8. The maximum Gasteiger partial charge on any atom is 0.255 e. The standard InChI is InChI=1S/C28H32N4O4/c1-19-18-35-16-12-32(19)24-7-4-6-21-26(24)29-17-22(27(21)31-10-14-34-15-11-31)28(33)30-23-9-13-36-25-8-3-2-5-20(23)25/h2-8,17,19,23H,9-16,18H2,1H3,(H,30,33)/t19-,23+/m1/s1. The third kappa shape index (κ3) is 4.24. The summed E-state index contributed by atoms with van der Waals surface area (Å²) in [5.41, 5.74) is 4.55. The SMILES string of the molecule is C[C@@H]1COCCN1c1cccc2c(N3CCOCC3)c(C(=O)N[C@H]3CCOc4ccccc43)cnc12. The van der Waals surface area contributed by atoms with Crippen molar-refractivity contribution in [3.8, 4) is 5.75 Å². The Bertz CT molecular complexity index is 1260. The van der Waals surface area contributed by atoms with Gasteiger partial charge in [-0.15, -0.1) is 0 Å². The van der Waals surface area contributed by atoms with Crippen molar-refractivity contribution in [3.63, 3.8) is 0 Å². The molecule has 2 saturated heterocycles. The minimum Gasteiger partial charge on any atom is -0.493 e. The number of nitrogens with zero attached hydrogens (tertiary/aromatic N) is 3. The molecule has 3 aromatic rings. The Kier molecular flexibility index (Phi) is 6.37. The zero-order chi connectivity index (χ0) is 24.5. The third-order valence-electron chi connectivity index (χ3n) is 7.36. The number of carbonyl (C=O) groups excluding carboxylic acids is 1. The van der Waals surface area contributed by atoms with Crippen molar-refractivity contribution >= 4 is 28.2 Å². The summed E-state index contributed by atoms with van der Waals surface area (Å²) in [7, 11) is 0. The number of nitrogens with one attached hydrogen (secondary N) is 1. The normalized spacial score (nSPS) is 22.1. The minimum absolute atomic E-state index is 0.101. The number of benzene rings is 2. The van der Waals surface area contributed by atoms with Crippen LogP contribution in [0.2, 0.25) is 0 Å². The molecule has 0 saturated carbocycles. The molecule has 2 atom stereocenters. The summed E-state index contributed by atoms with van der Waals surface area (Å²) in [6, 6.07) is 14.4. The average molecular weight is 489 g/mol. The van der Waals surface area contributed by atoms with Crippen LogP contribution in [0.4, 0.5) is 11.4 Å². The fourth-order valence-electron chi connectivity index (χ4n) is 5.53. The Hall–Kier alpha value is -3.36. The molecule has 0 unspecified atom stereocenters. The van der Waals surface area contributed by atoms with E-state index in [1.165, 1.54) is 0 Å². The number of para-hydroxylation sites is 2. The van der Waals surface area contributed by atoms with E-state index in [4.69, 9.17) is 19.2 Å². The number of anilines is 2. The van der Waals surface area contributed by atoms with Gasteiger partial charge < -0.3 is 29.3 Å². The maximum atomic E-state index is 13.8. The predicted octanol–water partition coefficient (Wildman–Crippen LogP) is 3.55. The topological polar surface area (TPSA) is 76.2 Å². The van der Waals surface area contributed by atoms with Crippen LogP contribution in [0.25, 0.3) is 10.9 Å². The first kappa shape index (κ1) is 23.1. The zero-order valence-corrected chi connectivity index (χ0v) is 20.6. The quantitative estimate of drug-likeness (QED) is 0.602. The number of fused-ring (bicyclic) bond motifs is 2. The van der Waals surface area contributed by atoms with E-state index in [0.29, 0.717) is 38.6 Å². The van der Waals surface area contributed by atoms with Crippen LogP contribution in [0.3, 0.4) is 0 Å². The van der Waals surface area contributed by atoms with E-state index >= 15 is 0 Å². The van der Waals surface area contributed by atoms with Crippen molar-refractivity contribution in [2.24, 2.45) is 0 Å². The van der Waals surface area contributed by atoms with Crippen LogP contribution in [0, 0.1) is 0 Å². The highest BCUT2D eigenvalue weighted by Crippen LogP contribution is 2.37. The number of morpholine rings is 2. The number of aromatic nitrogens is 1. The van der Waals surface area contributed by atoms with Gasteiger partial charge in [0, 0.05) is 49.2 Å². The molecule has 8 nitrogen and oxygen atoms in total. The van der Waals surface area contributed by atoms with E-state index in [-0.39, 0.29) is 18.0 Å². The van der Waals surface area contributed by atoms with E-state index in [1.807, 2.05) is 24.3 Å². The van der Waals surface area contributed by atoms with Gasteiger partial charge in [-0.2, -0.15) is 0 Å². The van der Waals surface area contributed by atoms with Gasteiger partial charge in [-0.05, 0) is 19.1 Å². The van der Waals surface area contributed by atoms with Crippen LogP contribution >= 0.6 is 0 Å². The number of hydrogen-bond acceptors (Lipinski definition) is 7. The van der Waals surface area contributed by atoms with E-state index in [1.54, 1.807) is 6.20 Å². The Labute approximate surface area is 211 Å². The second-order valence-corrected chi connectivity index (χ2v) is 9.61. The lowest BCUT2D eigenvalue weighted by Crippen LogP contribution is -2.44. The van der Waals surface area contributed by atoms with Crippen molar-refractivity contribution in [1.82, 2.24) is 10.3 Å². The molecule has 6 rings (SSSR count). The molecule has 4 heterocycles. The molecule has 0 aliphatic carbocycles. The molecule has 8 heteroatoms. The molecule has 36 heavy (non-hydrogen) atoms. The van der Waals surface area contributed by atoms with Crippen molar-refractivity contribution in [1.29, 1.82) is 0 Å². The summed E-state index contributed by atoms with van der Waals surface area (Å²) in [5, 5.41) is 4.27. The molecular weight excluding hydrogens is 456 g/mol. The first-order chi connectivity index (χ1) is 17.7. The van der Waals surface area contributed by atoms with Crippen molar-refractivity contribution in [3.05, 3.63) is 59.8 Å². The number of hydrogen-bond donors (Lipinski definition) is 1. The largest absolute Gasteiger partial charge is 0.493 e. The first-order valence-electron chi connectivity index (χ1n) is 12.8. The number of amides is 1. The molecule has 1 aromatic heterocycles. The summed E-state index contributed by atoms with van der Waals surface area (Å²) >= 11 is 0. The van der Waals surface area contributed by atoms with E-state index in [0.717, 1.165) is 59.6 Å². The second kappa shape index (κ2) is 9.95. The fourth-order valence-corrected chi connectivity index (χ4v) is 5.53.